The van der Waals surface area contributed by atoms with E-state index in [2.05, 4.69) is 10.6 Å². The molecule has 2 aliphatic rings. The van der Waals surface area contributed by atoms with Gasteiger partial charge in [0.1, 0.15) is 17.3 Å². The molecule has 2 aromatic carbocycles. The van der Waals surface area contributed by atoms with Crippen molar-refractivity contribution in [1.29, 1.82) is 0 Å². The molecule has 0 heterocycles. The fourth-order valence-corrected chi connectivity index (χ4v) is 4.50. The fourth-order valence-electron chi connectivity index (χ4n) is 4.38. The molecule has 4 atom stereocenters. The number of benzene rings is 2. The Labute approximate surface area is 185 Å². The summed E-state index contributed by atoms with van der Waals surface area (Å²) in [6, 6.07) is 13.2. The lowest BCUT2D eigenvalue weighted by Crippen LogP contribution is -2.44. The number of ether oxygens (including phenoxy) is 2. The van der Waals surface area contributed by atoms with Gasteiger partial charge in [-0.05, 0) is 55.4 Å². The van der Waals surface area contributed by atoms with Crippen LogP contribution < -0.4 is 20.1 Å². The molecule has 0 aliphatic heterocycles. The van der Waals surface area contributed by atoms with Gasteiger partial charge in [-0.25, -0.2) is 4.39 Å². The van der Waals surface area contributed by atoms with Crippen molar-refractivity contribution in [2.75, 3.05) is 13.2 Å². The Morgan fingerprint density at radius 3 is 2.03 bits per heavy atom. The molecule has 0 aromatic heterocycles. The summed E-state index contributed by atoms with van der Waals surface area (Å²) < 4.78 is 24.3. The topological polar surface area (TPSA) is 76.7 Å². The highest BCUT2D eigenvalue weighted by atomic mass is 35.5. The van der Waals surface area contributed by atoms with Gasteiger partial charge in [0.25, 0.3) is 11.8 Å². The molecule has 0 bridgehead atoms. The van der Waals surface area contributed by atoms with E-state index >= 15 is 0 Å². The number of fused-ring (bicyclic) bond motifs is 1. The van der Waals surface area contributed by atoms with Crippen LogP contribution in [0.1, 0.15) is 19.3 Å². The second-order valence-electron chi connectivity index (χ2n) is 7.96. The third-order valence-corrected chi connectivity index (χ3v) is 6.30. The Hall–Kier alpha value is -2.80. The van der Waals surface area contributed by atoms with Gasteiger partial charge in [-0.15, -0.1) is 0 Å². The Bertz CT molecular complexity index is 942. The van der Waals surface area contributed by atoms with Crippen LogP contribution in [0.15, 0.2) is 48.5 Å². The smallest absolute Gasteiger partial charge is 0.258 e. The number of halogens is 2. The van der Waals surface area contributed by atoms with Crippen molar-refractivity contribution >= 4 is 23.4 Å². The molecule has 2 aliphatic carbocycles. The molecule has 2 saturated carbocycles. The number of hydrogen-bond acceptors (Lipinski definition) is 4. The number of carbonyl (C=O) groups excluding carboxylic acids is 2. The molecule has 2 N–H and O–H groups in total. The van der Waals surface area contributed by atoms with Crippen LogP contribution in [-0.4, -0.2) is 37.1 Å². The molecule has 3 unspecified atom stereocenters. The predicted octanol–water partition coefficient (Wildman–Crippen LogP) is 3.34. The third-order valence-electron chi connectivity index (χ3n) is 5.99. The number of nitrogens with one attached hydrogen (secondary N) is 2. The number of hydrogen-bond donors (Lipinski definition) is 2. The number of carbonyl (C=O) groups is 2. The van der Waals surface area contributed by atoms with Crippen LogP contribution in [0.3, 0.4) is 0 Å². The van der Waals surface area contributed by atoms with Crippen molar-refractivity contribution < 1.29 is 23.5 Å². The Balaban J connectivity index is 1.23. The molecule has 31 heavy (non-hydrogen) atoms. The second kappa shape index (κ2) is 9.56. The van der Waals surface area contributed by atoms with Crippen LogP contribution in [0.2, 0.25) is 5.02 Å². The van der Waals surface area contributed by atoms with Crippen molar-refractivity contribution in [1.82, 2.24) is 10.6 Å². The van der Waals surface area contributed by atoms with E-state index in [-0.39, 0.29) is 47.9 Å². The summed E-state index contributed by atoms with van der Waals surface area (Å²) >= 11 is 5.65. The van der Waals surface area contributed by atoms with E-state index in [1.165, 1.54) is 12.1 Å². The standard InChI is InChI=1S/C23H24ClFN2O4/c24-18-9-6-15(10-19(18)25)31-13-23(29)27-21-11-20(16-7-8-17(16)21)26-22(28)12-30-14-4-2-1-3-5-14/h1-6,9-10,16-17,20-21H,7-8,11-13H2,(H,26,28)(H,27,29)/t16?,17?,20-,21?/m0/s1. The van der Waals surface area contributed by atoms with E-state index in [9.17, 15) is 14.0 Å². The summed E-state index contributed by atoms with van der Waals surface area (Å²) in [5.74, 6) is 0.562. The largest absolute Gasteiger partial charge is 0.484 e. The molecule has 2 aromatic rings. The zero-order chi connectivity index (χ0) is 21.8. The van der Waals surface area contributed by atoms with Gasteiger partial charge in [0.15, 0.2) is 13.2 Å². The number of rotatable bonds is 8. The van der Waals surface area contributed by atoms with Gasteiger partial charge in [0, 0.05) is 18.2 Å². The van der Waals surface area contributed by atoms with Crippen LogP contribution in [0.5, 0.6) is 11.5 Å². The van der Waals surface area contributed by atoms with Gasteiger partial charge in [0.2, 0.25) is 0 Å². The van der Waals surface area contributed by atoms with Crippen LogP contribution in [0.25, 0.3) is 0 Å². The highest BCUT2D eigenvalue weighted by molar-refractivity contribution is 6.30. The van der Waals surface area contributed by atoms with Crippen LogP contribution in [0.4, 0.5) is 4.39 Å². The summed E-state index contributed by atoms with van der Waals surface area (Å²) in [5.41, 5.74) is 0. The Morgan fingerprint density at radius 2 is 1.48 bits per heavy atom. The van der Waals surface area contributed by atoms with Crippen molar-refractivity contribution in [2.45, 2.75) is 31.3 Å². The molecule has 0 spiro atoms. The SMILES string of the molecule is O=C(COc1ccc(Cl)c(F)c1)NC1C[C@H](NC(=O)COc2ccccc2)C2CCC12. The highest BCUT2D eigenvalue weighted by Gasteiger charge is 2.49. The summed E-state index contributed by atoms with van der Waals surface area (Å²) in [7, 11) is 0. The summed E-state index contributed by atoms with van der Waals surface area (Å²) in [6.45, 7) is -0.253. The molecule has 2 amide bonds. The number of amides is 2. The molecule has 8 heteroatoms. The van der Waals surface area contributed by atoms with E-state index in [0.29, 0.717) is 24.0 Å². The molecule has 4 rings (SSSR count). The Kier molecular flexibility index (Phi) is 6.61. The van der Waals surface area contributed by atoms with Gasteiger partial charge in [-0.3, -0.25) is 9.59 Å². The minimum atomic E-state index is -0.595. The third kappa shape index (κ3) is 5.28. The predicted molar refractivity (Wildman–Crippen MR) is 114 cm³/mol. The van der Waals surface area contributed by atoms with Gasteiger partial charge < -0.3 is 20.1 Å². The molecule has 2 fully saturated rings. The van der Waals surface area contributed by atoms with Gasteiger partial charge in [-0.1, -0.05) is 29.8 Å². The quantitative estimate of drug-likeness (QED) is 0.652. The lowest BCUT2D eigenvalue weighted by molar-refractivity contribution is -0.125. The fraction of sp³-hybridized carbons (Fsp3) is 0.391. The first kappa shape index (κ1) is 21.4. The average molecular weight is 447 g/mol. The zero-order valence-electron chi connectivity index (χ0n) is 16.9. The number of para-hydroxylation sites is 1. The van der Waals surface area contributed by atoms with Gasteiger partial charge in [-0.2, -0.15) is 0 Å². The van der Waals surface area contributed by atoms with Crippen molar-refractivity contribution in [2.24, 2.45) is 11.8 Å². The molecule has 0 radical (unpaired) electrons. The summed E-state index contributed by atoms with van der Waals surface area (Å²) in [6.07, 6.45) is 2.72. The van der Waals surface area contributed by atoms with Gasteiger partial charge in [0.05, 0.1) is 5.02 Å². The molecular weight excluding hydrogens is 423 g/mol. The average Bonchev–Trinajstić information content (AvgIpc) is 2.95. The first-order valence-corrected chi connectivity index (χ1v) is 10.7. The minimum Gasteiger partial charge on any atom is -0.484 e. The second-order valence-corrected chi connectivity index (χ2v) is 8.36. The summed E-state index contributed by atoms with van der Waals surface area (Å²) in [4.78, 5) is 24.6. The van der Waals surface area contributed by atoms with E-state index in [0.717, 1.165) is 18.9 Å². The van der Waals surface area contributed by atoms with E-state index < -0.39 is 5.82 Å². The zero-order valence-corrected chi connectivity index (χ0v) is 17.6. The summed E-state index contributed by atoms with van der Waals surface area (Å²) in [5, 5.41) is 6.05. The van der Waals surface area contributed by atoms with Crippen LogP contribution in [-0.2, 0) is 9.59 Å². The molecule has 0 saturated heterocycles. The van der Waals surface area contributed by atoms with Crippen molar-refractivity contribution in [3.63, 3.8) is 0 Å². The molecule has 6 nitrogen and oxygen atoms in total. The lowest BCUT2D eigenvalue weighted by atomic mass is 9.73. The highest BCUT2D eigenvalue weighted by Crippen LogP contribution is 2.47. The Morgan fingerprint density at radius 1 is 0.903 bits per heavy atom. The van der Waals surface area contributed by atoms with Gasteiger partial charge >= 0.3 is 0 Å². The normalized spacial score (nSPS) is 23.9. The van der Waals surface area contributed by atoms with Crippen molar-refractivity contribution in [3.05, 3.63) is 59.4 Å². The molecule has 164 valence electrons. The maximum absolute atomic E-state index is 13.5. The maximum atomic E-state index is 13.5. The van der Waals surface area contributed by atoms with Crippen LogP contribution in [0, 0.1) is 17.7 Å². The first-order valence-electron chi connectivity index (χ1n) is 10.3. The van der Waals surface area contributed by atoms with E-state index in [1.807, 2.05) is 18.2 Å². The maximum Gasteiger partial charge on any atom is 0.258 e. The molecular formula is C23H24ClFN2O4. The monoisotopic (exact) mass is 446 g/mol. The first-order chi connectivity index (χ1) is 15.0. The van der Waals surface area contributed by atoms with Crippen molar-refractivity contribution in [3.8, 4) is 11.5 Å². The van der Waals surface area contributed by atoms with E-state index in [1.54, 1.807) is 12.1 Å². The lowest BCUT2D eigenvalue weighted by Gasteiger charge is -2.36. The van der Waals surface area contributed by atoms with E-state index in [4.69, 9.17) is 21.1 Å². The van der Waals surface area contributed by atoms with Crippen LogP contribution >= 0.6 is 11.6 Å². The minimum absolute atomic E-state index is 0.000963.